The highest BCUT2D eigenvalue weighted by molar-refractivity contribution is 5.98. The predicted molar refractivity (Wildman–Crippen MR) is 111 cm³/mol. The number of rotatable bonds is 11. The summed E-state index contributed by atoms with van der Waals surface area (Å²) in [5.74, 6) is -0.929. The van der Waals surface area contributed by atoms with Gasteiger partial charge in [-0.2, -0.15) is 0 Å². The zero-order valence-corrected chi connectivity index (χ0v) is 17.7. The van der Waals surface area contributed by atoms with Crippen molar-refractivity contribution in [3.05, 3.63) is 35.9 Å². The molecule has 31 heavy (non-hydrogen) atoms. The van der Waals surface area contributed by atoms with Gasteiger partial charge < -0.3 is 25.8 Å². The summed E-state index contributed by atoms with van der Waals surface area (Å²) in [5, 5.41) is 16.3. The van der Waals surface area contributed by atoms with Crippen LogP contribution in [0.15, 0.2) is 30.3 Å². The van der Waals surface area contributed by atoms with Gasteiger partial charge in [-0.25, -0.2) is 4.79 Å². The van der Waals surface area contributed by atoms with Crippen LogP contribution in [0.3, 0.4) is 0 Å². The van der Waals surface area contributed by atoms with Crippen molar-refractivity contribution >= 4 is 23.7 Å². The second-order valence-electron chi connectivity index (χ2n) is 8.55. The molecule has 0 bridgehead atoms. The molecule has 0 aromatic heterocycles. The summed E-state index contributed by atoms with van der Waals surface area (Å²) in [6.45, 7) is 3.42. The average Bonchev–Trinajstić information content (AvgIpc) is 3.65. The van der Waals surface area contributed by atoms with Gasteiger partial charge in [-0.1, -0.05) is 43.2 Å². The second-order valence-corrected chi connectivity index (χ2v) is 8.55. The van der Waals surface area contributed by atoms with Crippen LogP contribution in [0.5, 0.6) is 0 Å². The highest BCUT2D eigenvalue weighted by atomic mass is 16.6. The second kappa shape index (κ2) is 9.47. The van der Waals surface area contributed by atoms with E-state index in [1.165, 1.54) is 6.92 Å². The summed E-state index contributed by atoms with van der Waals surface area (Å²) in [4.78, 5) is 49.2. The maximum absolute atomic E-state index is 13.1. The van der Waals surface area contributed by atoms with Crippen molar-refractivity contribution in [1.29, 1.82) is 0 Å². The van der Waals surface area contributed by atoms with Crippen LogP contribution in [0.25, 0.3) is 0 Å². The fraction of sp³-hybridized carbons (Fsp3) is 0.545. The average molecular weight is 431 g/mol. The Morgan fingerprint density at radius 1 is 1.06 bits per heavy atom. The van der Waals surface area contributed by atoms with E-state index in [1.807, 2.05) is 30.3 Å². The summed E-state index contributed by atoms with van der Waals surface area (Å²) in [6, 6.07) is 6.70. The SMILES string of the molecule is C[C@H](NC(=O)O)C(=O)N[C@@H](CC1CC1)C(=O)N[C@@H](Cc1ccccc1)C(=O)[C@]1(C)CO1. The molecule has 3 amide bonds. The van der Waals surface area contributed by atoms with Crippen molar-refractivity contribution in [2.75, 3.05) is 6.61 Å². The van der Waals surface area contributed by atoms with E-state index in [2.05, 4.69) is 16.0 Å². The number of nitrogens with one attached hydrogen (secondary N) is 3. The number of hydrogen-bond donors (Lipinski definition) is 4. The van der Waals surface area contributed by atoms with Gasteiger partial charge in [-0.3, -0.25) is 14.4 Å². The number of carboxylic acid groups (broad SMARTS) is 1. The molecule has 0 spiro atoms. The van der Waals surface area contributed by atoms with Crippen LogP contribution in [0.4, 0.5) is 4.79 Å². The maximum atomic E-state index is 13.1. The van der Waals surface area contributed by atoms with Gasteiger partial charge >= 0.3 is 6.09 Å². The topological polar surface area (TPSA) is 137 Å². The molecule has 1 saturated carbocycles. The third-order valence-electron chi connectivity index (χ3n) is 5.65. The number of Topliss-reactive ketones (excluding diaryl/α,β-unsaturated/α-hetero) is 1. The van der Waals surface area contributed by atoms with Crippen molar-refractivity contribution in [1.82, 2.24) is 16.0 Å². The van der Waals surface area contributed by atoms with E-state index < -0.39 is 41.6 Å². The first-order valence-corrected chi connectivity index (χ1v) is 10.5. The lowest BCUT2D eigenvalue weighted by molar-refractivity contribution is -0.133. The summed E-state index contributed by atoms with van der Waals surface area (Å²) in [7, 11) is 0. The number of benzene rings is 1. The lowest BCUT2D eigenvalue weighted by Gasteiger charge is -2.25. The smallest absolute Gasteiger partial charge is 0.405 e. The third-order valence-corrected chi connectivity index (χ3v) is 5.65. The van der Waals surface area contributed by atoms with Crippen molar-refractivity contribution in [3.63, 3.8) is 0 Å². The number of amides is 3. The summed E-state index contributed by atoms with van der Waals surface area (Å²) < 4.78 is 5.29. The van der Waals surface area contributed by atoms with Gasteiger partial charge in [0.05, 0.1) is 12.6 Å². The van der Waals surface area contributed by atoms with Gasteiger partial charge in [0.2, 0.25) is 11.8 Å². The minimum absolute atomic E-state index is 0.206. The van der Waals surface area contributed by atoms with E-state index in [-0.39, 0.29) is 5.78 Å². The Balaban J connectivity index is 1.70. The molecule has 2 aliphatic rings. The molecule has 1 heterocycles. The molecule has 4 atom stereocenters. The number of ether oxygens (including phenoxy) is 1. The number of ketones is 1. The molecule has 9 heteroatoms. The standard InChI is InChI=1S/C22H29N3O6/c1-13(23-21(29)30)19(27)25-17(11-15-8-9-15)20(28)24-16(18(26)22(2)12-31-22)10-14-6-4-3-5-7-14/h3-7,13,15-17,23H,8-12H2,1-2H3,(H,24,28)(H,25,27)(H,29,30)/t13-,16-,17-,22-/m0/s1. The van der Waals surface area contributed by atoms with Crippen molar-refractivity contribution in [2.24, 2.45) is 5.92 Å². The minimum atomic E-state index is -1.32. The first-order chi connectivity index (χ1) is 14.7. The monoisotopic (exact) mass is 431 g/mol. The van der Waals surface area contributed by atoms with Crippen LogP contribution < -0.4 is 16.0 Å². The Hall–Kier alpha value is -2.94. The van der Waals surface area contributed by atoms with Crippen LogP contribution in [0.1, 0.15) is 38.7 Å². The van der Waals surface area contributed by atoms with Gasteiger partial charge in [-0.15, -0.1) is 0 Å². The fourth-order valence-corrected chi connectivity index (χ4v) is 3.42. The Morgan fingerprint density at radius 3 is 2.23 bits per heavy atom. The van der Waals surface area contributed by atoms with E-state index >= 15 is 0 Å². The summed E-state index contributed by atoms with van der Waals surface area (Å²) in [5.41, 5.74) is -0.00511. The van der Waals surface area contributed by atoms with Gasteiger partial charge in [-0.05, 0) is 38.2 Å². The van der Waals surface area contributed by atoms with E-state index in [0.29, 0.717) is 25.4 Å². The lowest BCUT2D eigenvalue weighted by Crippen LogP contribution is -2.56. The Labute approximate surface area is 180 Å². The van der Waals surface area contributed by atoms with Gasteiger partial charge in [0.25, 0.3) is 0 Å². The first-order valence-electron chi connectivity index (χ1n) is 10.5. The molecule has 168 valence electrons. The van der Waals surface area contributed by atoms with Crippen LogP contribution in [-0.4, -0.2) is 59.1 Å². The van der Waals surface area contributed by atoms with Gasteiger partial charge in [0.15, 0.2) is 5.78 Å². The van der Waals surface area contributed by atoms with E-state index in [1.54, 1.807) is 6.92 Å². The number of hydrogen-bond acceptors (Lipinski definition) is 5. The first kappa shape index (κ1) is 22.7. The molecule has 1 aromatic rings. The number of carbonyl (C=O) groups excluding carboxylic acids is 3. The zero-order chi connectivity index (χ0) is 22.6. The fourth-order valence-electron chi connectivity index (χ4n) is 3.42. The minimum Gasteiger partial charge on any atom is -0.465 e. The number of epoxide rings is 1. The molecule has 1 aliphatic heterocycles. The zero-order valence-electron chi connectivity index (χ0n) is 17.7. The maximum Gasteiger partial charge on any atom is 0.405 e. The highest BCUT2D eigenvalue weighted by Crippen LogP contribution is 2.34. The normalized spacial score (nSPS) is 22.5. The molecule has 2 fully saturated rings. The third kappa shape index (κ3) is 6.52. The van der Waals surface area contributed by atoms with E-state index in [4.69, 9.17) is 9.84 Å². The molecule has 0 unspecified atom stereocenters. The molecule has 4 N–H and O–H groups in total. The largest absolute Gasteiger partial charge is 0.465 e. The van der Waals surface area contributed by atoms with E-state index in [0.717, 1.165) is 18.4 Å². The van der Waals surface area contributed by atoms with Gasteiger partial charge in [0, 0.05) is 0 Å². The predicted octanol–water partition coefficient (Wildman–Crippen LogP) is 1.01. The Morgan fingerprint density at radius 2 is 1.68 bits per heavy atom. The van der Waals surface area contributed by atoms with E-state index in [9.17, 15) is 19.2 Å². The lowest BCUT2D eigenvalue weighted by atomic mass is 9.94. The Kier molecular flexibility index (Phi) is 6.94. The van der Waals surface area contributed by atoms with Crippen LogP contribution in [0, 0.1) is 5.92 Å². The molecule has 0 radical (unpaired) electrons. The van der Waals surface area contributed by atoms with Crippen LogP contribution in [0.2, 0.25) is 0 Å². The molecule has 1 saturated heterocycles. The van der Waals surface area contributed by atoms with Crippen molar-refractivity contribution < 1.29 is 29.0 Å². The van der Waals surface area contributed by atoms with Crippen LogP contribution in [-0.2, 0) is 25.5 Å². The summed E-state index contributed by atoms with van der Waals surface area (Å²) in [6.07, 6.45) is 1.38. The van der Waals surface area contributed by atoms with Crippen LogP contribution >= 0.6 is 0 Å². The molecule has 3 rings (SSSR count). The van der Waals surface area contributed by atoms with Crippen molar-refractivity contribution in [3.8, 4) is 0 Å². The molecular weight excluding hydrogens is 402 g/mol. The number of carbonyl (C=O) groups is 4. The molecule has 1 aromatic carbocycles. The quantitative estimate of drug-likeness (QED) is 0.386. The molecular formula is C22H29N3O6. The molecule has 9 nitrogen and oxygen atoms in total. The Bertz CT molecular complexity index is 835. The molecule has 1 aliphatic carbocycles. The highest BCUT2D eigenvalue weighted by Gasteiger charge is 2.50. The van der Waals surface area contributed by atoms with Crippen molar-refractivity contribution in [2.45, 2.75) is 63.3 Å². The summed E-state index contributed by atoms with van der Waals surface area (Å²) >= 11 is 0. The van der Waals surface area contributed by atoms with Gasteiger partial charge in [0.1, 0.15) is 17.7 Å².